The van der Waals surface area contributed by atoms with Crippen LogP contribution in [-0.4, -0.2) is 27.6 Å². The lowest BCUT2D eigenvalue weighted by atomic mass is 9.99. The van der Waals surface area contributed by atoms with Crippen molar-refractivity contribution in [1.82, 2.24) is 15.0 Å². The lowest BCUT2D eigenvalue weighted by molar-refractivity contribution is 0.0517. The summed E-state index contributed by atoms with van der Waals surface area (Å²) >= 11 is 0. The number of hydrogen-bond acceptors (Lipinski definition) is 4. The first-order valence-electron chi connectivity index (χ1n) is 8.15. The molecule has 0 saturated heterocycles. The van der Waals surface area contributed by atoms with Gasteiger partial charge in [0.15, 0.2) is 5.69 Å². The number of rotatable bonds is 9. The second kappa shape index (κ2) is 8.80. The fraction of sp³-hybridized carbons (Fsp3) is 0.812. The van der Waals surface area contributed by atoms with Crippen LogP contribution in [0.1, 0.15) is 82.4 Å². The zero-order valence-electron chi connectivity index (χ0n) is 14.1. The topological polar surface area (TPSA) is 57.0 Å². The van der Waals surface area contributed by atoms with Gasteiger partial charge in [-0.25, -0.2) is 9.48 Å². The van der Waals surface area contributed by atoms with E-state index in [1.54, 1.807) is 6.92 Å². The van der Waals surface area contributed by atoms with Gasteiger partial charge in [-0.2, -0.15) is 0 Å². The van der Waals surface area contributed by atoms with Gasteiger partial charge in [-0.05, 0) is 25.2 Å². The maximum atomic E-state index is 12.0. The molecule has 0 N–H and O–H groups in total. The van der Waals surface area contributed by atoms with Gasteiger partial charge in [0.2, 0.25) is 0 Å². The number of ether oxygens (including phenoxy) is 1. The Labute approximate surface area is 128 Å². The Morgan fingerprint density at radius 3 is 2.52 bits per heavy atom. The second-order valence-corrected chi connectivity index (χ2v) is 5.80. The number of carbonyl (C=O) groups excluding carboxylic acids is 1. The van der Waals surface area contributed by atoms with E-state index in [0.717, 1.165) is 18.7 Å². The van der Waals surface area contributed by atoms with Crippen molar-refractivity contribution in [3.8, 4) is 0 Å². The van der Waals surface area contributed by atoms with Crippen molar-refractivity contribution in [1.29, 1.82) is 0 Å². The maximum Gasteiger partial charge on any atom is 0.360 e. The molecule has 0 radical (unpaired) electrons. The van der Waals surface area contributed by atoms with Crippen LogP contribution in [0.3, 0.4) is 0 Å². The Balaban J connectivity index is 2.94. The Hall–Kier alpha value is -1.39. The van der Waals surface area contributed by atoms with Crippen molar-refractivity contribution in [2.24, 2.45) is 5.92 Å². The third-order valence-electron chi connectivity index (χ3n) is 3.76. The first-order chi connectivity index (χ1) is 10.0. The first kappa shape index (κ1) is 17.7. The Morgan fingerprint density at radius 2 is 2.00 bits per heavy atom. The van der Waals surface area contributed by atoms with Gasteiger partial charge in [0.25, 0.3) is 0 Å². The molecule has 0 aliphatic rings. The van der Waals surface area contributed by atoms with E-state index < -0.39 is 0 Å². The number of unbranched alkanes of at least 4 members (excludes halogenated alkanes) is 1. The molecule has 120 valence electrons. The van der Waals surface area contributed by atoms with Crippen LogP contribution in [0.5, 0.6) is 0 Å². The molecule has 0 saturated carbocycles. The van der Waals surface area contributed by atoms with Crippen LogP contribution in [0.25, 0.3) is 0 Å². The fourth-order valence-electron chi connectivity index (χ4n) is 2.53. The third-order valence-corrected chi connectivity index (χ3v) is 3.76. The summed E-state index contributed by atoms with van der Waals surface area (Å²) in [5.74, 6) is 0.413. The molecule has 0 amide bonds. The molecule has 1 unspecified atom stereocenters. The minimum Gasteiger partial charge on any atom is -0.461 e. The Kier molecular flexibility index (Phi) is 7.40. The van der Waals surface area contributed by atoms with Gasteiger partial charge in [0, 0.05) is 6.54 Å². The summed E-state index contributed by atoms with van der Waals surface area (Å²) in [6.07, 6.45) is 4.75. The molecule has 1 heterocycles. The van der Waals surface area contributed by atoms with E-state index in [2.05, 4.69) is 38.0 Å². The van der Waals surface area contributed by atoms with E-state index in [4.69, 9.17) is 4.74 Å². The molecule has 0 aromatic carbocycles. The van der Waals surface area contributed by atoms with Crippen molar-refractivity contribution in [2.45, 2.75) is 72.8 Å². The van der Waals surface area contributed by atoms with E-state index >= 15 is 0 Å². The summed E-state index contributed by atoms with van der Waals surface area (Å²) in [5.41, 5.74) is 1.26. The average molecular weight is 295 g/mol. The van der Waals surface area contributed by atoms with Crippen molar-refractivity contribution >= 4 is 5.97 Å². The van der Waals surface area contributed by atoms with Crippen LogP contribution in [0, 0.1) is 5.92 Å². The molecule has 0 aliphatic heterocycles. The molecule has 5 heteroatoms. The standard InChI is InChI=1S/C16H29N3O2/c1-6-9-10-13(7-2)11-19-15(12(4)5)14(17-18-19)16(20)21-8-3/h12-13H,6-11H2,1-5H3. The summed E-state index contributed by atoms with van der Waals surface area (Å²) in [6.45, 7) is 11.5. The van der Waals surface area contributed by atoms with Crippen LogP contribution in [0.2, 0.25) is 0 Å². The Bertz CT molecular complexity index is 441. The molecule has 0 aliphatic carbocycles. The maximum absolute atomic E-state index is 12.0. The summed E-state index contributed by atoms with van der Waals surface area (Å²) in [4.78, 5) is 12.0. The van der Waals surface area contributed by atoms with Crippen molar-refractivity contribution < 1.29 is 9.53 Å². The van der Waals surface area contributed by atoms with Crippen LogP contribution >= 0.6 is 0 Å². The minimum atomic E-state index is -0.367. The lowest BCUT2D eigenvalue weighted by Gasteiger charge is -2.17. The van der Waals surface area contributed by atoms with Crippen molar-refractivity contribution in [2.75, 3.05) is 6.61 Å². The number of carbonyl (C=O) groups is 1. The minimum absolute atomic E-state index is 0.197. The monoisotopic (exact) mass is 295 g/mol. The molecule has 1 atom stereocenters. The molecule has 0 bridgehead atoms. The van der Waals surface area contributed by atoms with Crippen LogP contribution < -0.4 is 0 Å². The molecule has 0 fully saturated rings. The van der Waals surface area contributed by atoms with E-state index in [0.29, 0.717) is 18.2 Å². The molecule has 1 aromatic rings. The number of nitrogens with zero attached hydrogens (tertiary/aromatic N) is 3. The fourth-order valence-corrected chi connectivity index (χ4v) is 2.53. The normalized spacial score (nSPS) is 12.7. The van der Waals surface area contributed by atoms with Gasteiger partial charge in [0.05, 0.1) is 12.3 Å². The lowest BCUT2D eigenvalue weighted by Crippen LogP contribution is -2.16. The summed E-state index contributed by atoms with van der Waals surface area (Å²) in [6, 6.07) is 0. The van der Waals surface area contributed by atoms with Gasteiger partial charge >= 0.3 is 5.97 Å². The molecule has 5 nitrogen and oxygen atoms in total. The van der Waals surface area contributed by atoms with Crippen LogP contribution in [0.4, 0.5) is 0 Å². The largest absolute Gasteiger partial charge is 0.461 e. The van der Waals surface area contributed by atoms with Crippen LogP contribution in [0.15, 0.2) is 0 Å². The number of hydrogen-bond donors (Lipinski definition) is 0. The van der Waals surface area contributed by atoms with Crippen LogP contribution in [-0.2, 0) is 11.3 Å². The average Bonchev–Trinajstić information content (AvgIpc) is 2.87. The van der Waals surface area contributed by atoms with E-state index in [1.807, 2.05) is 4.68 Å². The van der Waals surface area contributed by atoms with Gasteiger partial charge in [0.1, 0.15) is 0 Å². The summed E-state index contributed by atoms with van der Waals surface area (Å²) in [5, 5.41) is 8.26. The smallest absolute Gasteiger partial charge is 0.360 e. The Morgan fingerprint density at radius 1 is 1.29 bits per heavy atom. The number of esters is 1. The van der Waals surface area contributed by atoms with E-state index in [1.165, 1.54) is 19.3 Å². The summed E-state index contributed by atoms with van der Waals surface area (Å²) < 4.78 is 6.98. The van der Waals surface area contributed by atoms with Crippen molar-refractivity contribution in [3.05, 3.63) is 11.4 Å². The molecule has 1 rings (SSSR count). The molecular weight excluding hydrogens is 266 g/mol. The highest BCUT2D eigenvalue weighted by Crippen LogP contribution is 2.22. The molecule has 21 heavy (non-hydrogen) atoms. The second-order valence-electron chi connectivity index (χ2n) is 5.80. The highest BCUT2D eigenvalue weighted by Gasteiger charge is 2.24. The van der Waals surface area contributed by atoms with E-state index in [9.17, 15) is 4.79 Å². The van der Waals surface area contributed by atoms with Gasteiger partial charge in [-0.3, -0.25) is 0 Å². The predicted molar refractivity (Wildman–Crippen MR) is 83.4 cm³/mol. The highest BCUT2D eigenvalue weighted by atomic mass is 16.5. The quantitative estimate of drug-likeness (QED) is 0.650. The highest BCUT2D eigenvalue weighted by molar-refractivity contribution is 5.88. The van der Waals surface area contributed by atoms with E-state index in [-0.39, 0.29) is 11.9 Å². The first-order valence-corrected chi connectivity index (χ1v) is 8.15. The SMILES string of the molecule is CCCCC(CC)Cn1nnc(C(=O)OCC)c1C(C)C. The van der Waals surface area contributed by atoms with Crippen molar-refractivity contribution in [3.63, 3.8) is 0 Å². The zero-order valence-corrected chi connectivity index (χ0v) is 14.1. The van der Waals surface area contributed by atoms with Gasteiger partial charge in [-0.1, -0.05) is 52.2 Å². The third kappa shape index (κ3) is 4.83. The molecule has 1 aromatic heterocycles. The summed E-state index contributed by atoms with van der Waals surface area (Å²) in [7, 11) is 0. The van der Waals surface area contributed by atoms with Gasteiger partial charge < -0.3 is 4.74 Å². The zero-order chi connectivity index (χ0) is 15.8. The predicted octanol–water partition coefficient (Wildman–Crippen LogP) is 3.79. The number of aromatic nitrogens is 3. The van der Waals surface area contributed by atoms with Gasteiger partial charge in [-0.15, -0.1) is 5.10 Å². The molecular formula is C16H29N3O2. The molecule has 0 spiro atoms.